The number of carboxylic acids is 1. The Morgan fingerprint density at radius 3 is 2.36 bits per heavy atom. The fourth-order valence-corrected chi connectivity index (χ4v) is 4.06. The van der Waals surface area contributed by atoms with Crippen LogP contribution in [-0.2, 0) is 14.8 Å². The number of nitrogens with zero attached hydrogens (tertiary/aromatic N) is 1. The van der Waals surface area contributed by atoms with E-state index in [1.54, 1.807) is 37.3 Å². The number of anilines is 1. The second kappa shape index (κ2) is 8.26. The number of benzene rings is 2. The zero-order chi connectivity index (χ0) is 18.4. The molecule has 0 atom stereocenters. The van der Waals surface area contributed by atoms with Crippen LogP contribution in [0.3, 0.4) is 0 Å². The standard InChI is InChI=1S/C17H19NO5S2/c1-3-23-16-7-5-4-6-15(16)18(12-17(19)20)25(21,22)14-10-8-13(24-2)9-11-14/h4-11H,3,12H2,1-2H3,(H,19,20)/p-1. The van der Waals surface area contributed by atoms with Gasteiger partial charge in [-0.15, -0.1) is 11.8 Å². The van der Waals surface area contributed by atoms with Crippen LogP contribution >= 0.6 is 11.8 Å². The molecule has 134 valence electrons. The van der Waals surface area contributed by atoms with Crippen molar-refractivity contribution in [2.24, 2.45) is 0 Å². The van der Waals surface area contributed by atoms with Gasteiger partial charge in [-0.3, -0.25) is 4.31 Å². The predicted octanol–water partition coefficient (Wildman–Crippen LogP) is 1.75. The third-order valence-electron chi connectivity index (χ3n) is 3.35. The summed E-state index contributed by atoms with van der Waals surface area (Å²) >= 11 is 1.48. The van der Waals surface area contributed by atoms with Crippen LogP contribution < -0.4 is 14.1 Å². The number of para-hydroxylation sites is 2. The van der Waals surface area contributed by atoms with E-state index < -0.39 is 22.5 Å². The number of hydrogen-bond donors (Lipinski definition) is 0. The van der Waals surface area contributed by atoms with E-state index >= 15 is 0 Å². The lowest BCUT2D eigenvalue weighted by Crippen LogP contribution is -2.41. The predicted molar refractivity (Wildman–Crippen MR) is 95.4 cm³/mol. The number of carbonyl (C=O) groups is 1. The van der Waals surface area contributed by atoms with Crippen molar-refractivity contribution in [3.8, 4) is 5.75 Å². The van der Waals surface area contributed by atoms with Crippen molar-refractivity contribution in [3.05, 3.63) is 48.5 Å². The highest BCUT2D eigenvalue weighted by atomic mass is 32.2. The maximum absolute atomic E-state index is 13.0. The molecule has 2 rings (SSSR count). The molecule has 0 aromatic heterocycles. The first kappa shape index (κ1) is 19.1. The summed E-state index contributed by atoms with van der Waals surface area (Å²) < 4.78 is 32.2. The zero-order valence-corrected chi connectivity index (χ0v) is 15.5. The van der Waals surface area contributed by atoms with Gasteiger partial charge < -0.3 is 14.6 Å². The third-order valence-corrected chi connectivity index (χ3v) is 5.87. The Labute approximate surface area is 151 Å². The molecule has 8 heteroatoms. The molecular formula is C17H18NO5S2-. The number of carboxylic acid groups (broad SMARTS) is 1. The van der Waals surface area contributed by atoms with Crippen LogP contribution in [-0.4, -0.2) is 33.8 Å². The SMILES string of the molecule is CCOc1ccccc1N(CC(=O)[O-])S(=O)(=O)c1ccc(SC)cc1. The molecule has 0 fully saturated rings. The van der Waals surface area contributed by atoms with Gasteiger partial charge in [0.25, 0.3) is 10.0 Å². The number of thioether (sulfide) groups is 1. The first-order valence-corrected chi connectivity index (χ1v) is 10.1. The fourth-order valence-electron chi connectivity index (χ4n) is 2.23. The lowest BCUT2D eigenvalue weighted by atomic mass is 10.3. The molecule has 0 aliphatic heterocycles. The Bertz CT molecular complexity index is 834. The minimum Gasteiger partial charge on any atom is -0.548 e. The summed E-state index contributed by atoms with van der Waals surface area (Å²) in [5, 5.41) is 11.2. The van der Waals surface area contributed by atoms with Crippen molar-refractivity contribution in [1.82, 2.24) is 0 Å². The first-order chi connectivity index (χ1) is 11.9. The van der Waals surface area contributed by atoms with Crippen LogP contribution in [0.25, 0.3) is 0 Å². The number of carbonyl (C=O) groups excluding carboxylic acids is 1. The van der Waals surface area contributed by atoms with Crippen molar-refractivity contribution < 1.29 is 23.1 Å². The quantitative estimate of drug-likeness (QED) is 0.649. The van der Waals surface area contributed by atoms with Gasteiger partial charge in [0.2, 0.25) is 0 Å². The molecule has 6 nitrogen and oxygen atoms in total. The van der Waals surface area contributed by atoms with E-state index in [0.717, 1.165) is 9.20 Å². The summed E-state index contributed by atoms with van der Waals surface area (Å²) in [5.74, 6) is -1.22. The minimum absolute atomic E-state index is 0.00199. The zero-order valence-electron chi connectivity index (χ0n) is 13.8. The van der Waals surface area contributed by atoms with Gasteiger partial charge in [-0.25, -0.2) is 8.42 Å². The van der Waals surface area contributed by atoms with Gasteiger partial charge >= 0.3 is 0 Å². The third kappa shape index (κ3) is 4.46. The summed E-state index contributed by atoms with van der Waals surface area (Å²) in [6.07, 6.45) is 1.88. The molecule has 0 unspecified atom stereocenters. The molecule has 0 N–H and O–H groups in total. The molecule has 0 amide bonds. The summed E-state index contributed by atoms with van der Waals surface area (Å²) in [4.78, 5) is 12.1. The molecule has 0 aliphatic rings. The lowest BCUT2D eigenvalue weighted by molar-refractivity contribution is -0.303. The second-order valence-corrected chi connectivity index (χ2v) is 7.70. The summed E-state index contributed by atoms with van der Waals surface area (Å²) in [5.41, 5.74) is 0.155. The average Bonchev–Trinajstić information content (AvgIpc) is 2.60. The molecule has 0 spiro atoms. The van der Waals surface area contributed by atoms with Gasteiger partial charge in [-0.1, -0.05) is 12.1 Å². The monoisotopic (exact) mass is 380 g/mol. The minimum atomic E-state index is -4.09. The summed E-state index contributed by atoms with van der Waals surface area (Å²) in [6.45, 7) is 1.27. The van der Waals surface area contributed by atoms with Gasteiger partial charge in [-0.05, 0) is 49.6 Å². The second-order valence-electron chi connectivity index (χ2n) is 4.96. The molecular weight excluding hydrogens is 362 g/mol. The van der Waals surface area contributed by atoms with Crippen molar-refractivity contribution >= 4 is 33.4 Å². The highest BCUT2D eigenvalue weighted by Gasteiger charge is 2.27. The van der Waals surface area contributed by atoms with E-state index in [1.807, 2.05) is 6.26 Å². The van der Waals surface area contributed by atoms with Gasteiger partial charge in [0.05, 0.1) is 29.7 Å². The molecule has 2 aromatic carbocycles. The molecule has 2 aromatic rings. The smallest absolute Gasteiger partial charge is 0.264 e. The number of sulfonamides is 1. The van der Waals surface area contributed by atoms with Gasteiger partial charge in [-0.2, -0.15) is 0 Å². The highest BCUT2D eigenvalue weighted by Crippen LogP contribution is 2.32. The lowest BCUT2D eigenvalue weighted by Gasteiger charge is -2.26. The Hall–Kier alpha value is -2.19. The molecule has 0 heterocycles. The largest absolute Gasteiger partial charge is 0.548 e. The molecule has 0 radical (unpaired) electrons. The topological polar surface area (TPSA) is 86.7 Å². The van der Waals surface area contributed by atoms with Crippen LogP contribution in [0.1, 0.15) is 6.92 Å². The van der Waals surface area contributed by atoms with Crippen LogP contribution in [0.5, 0.6) is 5.75 Å². The Balaban J connectivity index is 2.54. The summed E-state index contributed by atoms with van der Waals surface area (Å²) in [7, 11) is -4.09. The highest BCUT2D eigenvalue weighted by molar-refractivity contribution is 7.98. The Morgan fingerprint density at radius 1 is 1.16 bits per heavy atom. The molecule has 0 aliphatic carbocycles. The van der Waals surface area contributed by atoms with E-state index in [2.05, 4.69) is 0 Å². The maximum Gasteiger partial charge on any atom is 0.264 e. The number of hydrogen-bond acceptors (Lipinski definition) is 6. The van der Waals surface area contributed by atoms with E-state index in [-0.39, 0.29) is 16.3 Å². The molecule has 0 saturated carbocycles. The number of aliphatic carboxylic acids is 1. The number of ether oxygens (including phenoxy) is 1. The molecule has 25 heavy (non-hydrogen) atoms. The van der Waals surface area contributed by atoms with E-state index in [9.17, 15) is 18.3 Å². The van der Waals surface area contributed by atoms with Crippen LogP contribution in [0.15, 0.2) is 58.3 Å². The van der Waals surface area contributed by atoms with Gasteiger partial charge in [0, 0.05) is 4.90 Å². The van der Waals surface area contributed by atoms with Crippen LogP contribution in [0, 0.1) is 0 Å². The van der Waals surface area contributed by atoms with E-state index in [1.165, 1.54) is 30.0 Å². The first-order valence-electron chi connectivity index (χ1n) is 7.48. The van der Waals surface area contributed by atoms with Crippen molar-refractivity contribution in [2.45, 2.75) is 16.7 Å². The van der Waals surface area contributed by atoms with Gasteiger partial charge in [0.1, 0.15) is 5.75 Å². The van der Waals surface area contributed by atoms with Crippen molar-refractivity contribution in [3.63, 3.8) is 0 Å². The normalized spacial score (nSPS) is 11.1. The fraction of sp³-hybridized carbons (Fsp3) is 0.235. The Kier molecular flexibility index (Phi) is 6.33. The maximum atomic E-state index is 13.0. The van der Waals surface area contributed by atoms with Crippen LogP contribution in [0.2, 0.25) is 0 Å². The van der Waals surface area contributed by atoms with Crippen molar-refractivity contribution in [2.75, 3.05) is 23.7 Å². The van der Waals surface area contributed by atoms with Gasteiger partial charge in [0.15, 0.2) is 0 Å². The van der Waals surface area contributed by atoms with E-state index in [4.69, 9.17) is 4.74 Å². The van der Waals surface area contributed by atoms with Crippen LogP contribution in [0.4, 0.5) is 5.69 Å². The van der Waals surface area contributed by atoms with Crippen molar-refractivity contribution in [1.29, 1.82) is 0 Å². The summed E-state index contributed by atoms with van der Waals surface area (Å²) in [6, 6.07) is 12.6. The molecule has 0 bridgehead atoms. The Morgan fingerprint density at radius 2 is 1.80 bits per heavy atom. The molecule has 0 saturated heterocycles. The number of rotatable bonds is 8. The average molecular weight is 380 g/mol. The van der Waals surface area contributed by atoms with E-state index in [0.29, 0.717) is 6.61 Å².